The summed E-state index contributed by atoms with van der Waals surface area (Å²) in [5.41, 5.74) is 1.52. The van der Waals surface area contributed by atoms with Crippen LogP contribution in [-0.4, -0.2) is 216 Å². The predicted molar refractivity (Wildman–Crippen MR) is 363 cm³/mol. The predicted octanol–water partition coefficient (Wildman–Crippen LogP) is 5.60. The van der Waals surface area contributed by atoms with Gasteiger partial charge in [0, 0.05) is 105 Å². The zero-order valence-electron chi connectivity index (χ0n) is 59.1. The van der Waals surface area contributed by atoms with Gasteiger partial charge in [-0.3, -0.25) is 57.6 Å². The molecule has 0 saturated carbocycles. The third kappa shape index (κ3) is 25.2. The van der Waals surface area contributed by atoms with E-state index in [2.05, 4.69) is 21.3 Å². The Bertz CT molecular complexity index is 2810. The van der Waals surface area contributed by atoms with Crippen molar-refractivity contribution >= 4 is 64.7 Å². The topological polar surface area (TPSA) is 276 Å². The second-order valence-electron chi connectivity index (χ2n) is 28.1. The summed E-state index contributed by atoms with van der Waals surface area (Å²) in [6, 6.07) is 11.2. The maximum atomic E-state index is 15.3. The van der Waals surface area contributed by atoms with Crippen LogP contribution in [0.4, 0.5) is 0 Å². The summed E-state index contributed by atoms with van der Waals surface area (Å²) in [6.07, 6.45) is 2.41. The number of amides is 9. The summed E-state index contributed by atoms with van der Waals surface area (Å²) >= 11 is 0. The number of piperidine rings is 1. The van der Waals surface area contributed by atoms with Crippen LogP contribution in [0.15, 0.2) is 60.7 Å². The number of aliphatic hydroxyl groups is 1. The fourth-order valence-corrected chi connectivity index (χ4v) is 12.7. The maximum absolute atomic E-state index is 15.3. The Morgan fingerprint density at radius 1 is 0.585 bits per heavy atom. The third-order valence-corrected chi connectivity index (χ3v) is 18.7. The molecule has 0 unspecified atom stereocenters. The number of likely N-dealkylation sites (N-methyl/N-ethyl adjacent to an activating group) is 3. The van der Waals surface area contributed by atoms with Gasteiger partial charge in [0.2, 0.25) is 53.2 Å². The molecule has 2 aromatic rings. The van der Waals surface area contributed by atoms with Gasteiger partial charge >= 0.3 is 0 Å². The number of rotatable bonds is 13. The molecule has 2 aliphatic heterocycles. The molecule has 0 aliphatic carbocycles. The Morgan fingerprint density at radius 3 is 1.71 bits per heavy atom. The van der Waals surface area contributed by atoms with Crippen molar-refractivity contribution in [1.82, 2.24) is 50.7 Å². The van der Waals surface area contributed by atoms with Gasteiger partial charge in [-0.05, 0) is 99.6 Å². The molecule has 2 fully saturated rings. The lowest BCUT2D eigenvalue weighted by Crippen LogP contribution is -2.59. The van der Waals surface area contributed by atoms with E-state index in [1.54, 1.807) is 59.9 Å². The van der Waals surface area contributed by atoms with E-state index in [1.807, 2.05) is 111 Å². The van der Waals surface area contributed by atoms with Crippen LogP contribution < -0.4 is 21.3 Å². The average molecular weight is 1310 g/mol. The normalized spacial score (nSPS) is 26.0. The van der Waals surface area contributed by atoms with Gasteiger partial charge in [-0.1, -0.05) is 129 Å². The highest BCUT2D eigenvalue weighted by atomic mass is 16.3. The summed E-state index contributed by atoms with van der Waals surface area (Å²) in [6.45, 7) is 19.0. The van der Waals surface area contributed by atoms with Crippen molar-refractivity contribution in [3.05, 3.63) is 71.8 Å². The van der Waals surface area contributed by atoms with Gasteiger partial charge in [-0.25, -0.2) is 0 Å². The highest BCUT2D eigenvalue weighted by Crippen LogP contribution is 2.25. The maximum Gasteiger partial charge on any atom is 0.245 e. The number of aliphatic hydroxyl groups excluding tert-OH is 1. The number of carbonyl (C=O) groups excluding carboxylic acids is 11. The third-order valence-electron chi connectivity index (χ3n) is 18.7. The molecule has 22 heteroatoms. The quantitative estimate of drug-likeness (QED) is 0.164. The molecule has 5 N–H and O–H groups in total. The molecule has 9 amide bonds. The number of hydrogen-bond donors (Lipinski definition) is 5. The minimum absolute atomic E-state index is 0.00559. The molecule has 0 spiro atoms. The van der Waals surface area contributed by atoms with Crippen molar-refractivity contribution in [1.29, 1.82) is 0 Å². The molecular formula is C72H114N10O12. The van der Waals surface area contributed by atoms with Crippen molar-refractivity contribution in [3.63, 3.8) is 0 Å². The van der Waals surface area contributed by atoms with E-state index in [1.165, 1.54) is 23.8 Å². The molecule has 0 radical (unpaired) electrons. The van der Waals surface area contributed by atoms with Crippen LogP contribution in [-0.2, 0) is 65.6 Å². The Labute approximate surface area is 560 Å². The Hall–Kier alpha value is -7.07. The SMILES string of the molecule is CC[C@H](C)[C@@H]1NC(=O)C[C@H](CC(C)C)N(C)C(=O)C[C@H](C)CCC(=O)CCN(C)C(=O)C[C@@H](C(=O)N2CCCCC2)NC(=O)[C@H]([C@@H](C)O)NC(=O)[C@H](Cc2ccccc2)CNC(=O)[C@H](C(C)C)N(C)CC(=O)C[C@H](CC(C)C)N(C)C(=O)[C@H](Cc2ccccc2)N(C)C1=O. The second-order valence-corrected chi connectivity index (χ2v) is 28.1. The number of likely N-dealkylation sites (tertiary alicyclic amines) is 1. The Morgan fingerprint density at radius 2 is 1.16 bits per heavy atom. The van der Waals surface area contributed by atoms with Crippen molar-refractivity contribution in [2.24, 2.45) is 35.5 Å². The number of hydrogen-bond acceptors (Lipinski definition) is 13. The smallest absolute Gasteiger partial charge is 0.245 e. The van der Waals surface area contributed by atoms with Crippen molar-refractivity contribution < 1.29 is 57.8 Å². The first-order valence-electron chi connectivity index (χ1n) is 34.3. The lowest BCUT2D eigenvalue weighted by molar-refractivity contribution is -0.148. The van der Waals surface area contributed by atoms with Gasteiger partial charge < -0.3 is 50.9 Å². The zero-order chi connectivity index (χ0) is 70.1. The average Bonchev–Trinajstić information content (AvgIpc) is 0.836. The van der Waals surface area contributed by atoms with Crippen molar-refractivity contribution in [2.45, 2.75) is 214 Å². The van der Waals surface area contributed by atoms with E-state index in [0.29, 0.717) is 38.8 Å². The summed E-state index contributed by atoms with van der Waals surface area (Å²) in [4.78, 5) is 167. The molecule has 11 atom stereocenters. The van der Waals surface area contributed by atoms with Gasteiger partial charge in [-0.15, -0.1) is 0 Å². The molecule has 94 heavy (non-hydrogen) atoms. The van der Waals surface area contributed by atoms with E-state index in [0.717, 1.165) is 30.4 Å². The highest BCUT2D eigenvalue weighted by Gasteiger charge is 2.40. The number of nitrogens with zero attached hydrogens (tertiary/aromatic N) is 6. The highest BCUT2D eigenvalue weighted by molar-refractivity contribution is 5.96. The fraction of sp³-hybridized carbons (Fsp3) is 0.681. The van der Waals surface area contributed by atoms with E-state index in [-0.39, 0.29) is 112 Å². The van der Waals surface area contributed by atoms with Crippen LogP contribution in [0.2, 0.25) is 0 Å². The van der Waals surface area contributed by atoms with Crippen LogP contribution in [0.25, 0.3) is 0 Å². The van der Waals surface area contributed by atoms with Crippen LogP contribution in [0.1, 0.15) is 164 Å². The number of carbonyl (C=O) groups is 11. The summed E-state index contributed by atoms with van der Waals surface area (Å²) in [5, 5.41) is 22.5. The van der Waals surface area contributed by atoms with Gasteiger partial charge in [0.05, 0.1) is 31.0 Å². The molecule has 2 heterocycles. The lowest BCUT2D eigenvalue weighted by atomic mass is 9.93. The molecule has 2 aromatic carbocycles. The van der Waals surface area contributed by atoms with E-state index in [4.69, 9.17) is 0 Å². The second kappa shape index (κ2) is 39.1. The van der Waals surface area contributed by atoms with Crippen molar-refractivity contribution in [2.75, 3.05) is 68.0 Å². The van der Waals surface area contributed by atoms with Crippen LogP contribution in [0.3, 0.4) is 0 Å². The summed E-state index contributed by atoms with van der Waals surface area (Å²) in [5.74, 6) is -6.89. The first kappa shape index (κ1) is 79.4. The van der Waals surface area contributed by atoms with Crippen LogP contribution in [0.5, 0.6) is 0 Å². The lowest BCUT2D eigenvalue weighted by Gasteiger charge is -2.38. The minimum Gasteiger partial charge on any atom is -0.391 e. The molecule has 22 nitrogen and oxygen atoms in total. The van der Waals surface area contributed by atoms with Crippen molar-refractivity contribution in [3.8, 4) is 0 Å². The van der Waals surface area contributed by atoms with Gasteiger partial charge in [0.1, 0.15) is 35.7 Å². The van der Waals surface area contributed by atoms with E-state index >= 15 is 9.59 Å². The number of benzene rings is 2. The zero-order valence-corrected chi connectivity index (χ0v) is 59.1. The minimum atomic E-state index is -1.61. The largest absolute Gasteiger partial charge is 0.391 e. The van der Waals surface area contributed by atoms with Gasteiger partial charge in [0.25, 0.3) is 0 Å². The molecule has 0 bridgehead atoms. The Kier molecular flexibility index (Phi) is 33.0. The number of ketones is 2. The summed E-state index contributed by atoms with van der Waals surface area (Å²) in [7, 11) is 8.03. The van der Waals surface area contributed by atoms with E-state index < -0.39 is 108 Å². The molecule has 2 saturated heterocycles. The monoisotopic (exact) mass is 1310 g/mol. The number of nitrogens with one attached hydrogen (secondary N) is 4. The van der Waals surface area contributed by atoms with Crippen LogP contribution in [0, 0.1) is 35.5 Å². The first-order chi connectivity index (χ1) is 44.3. The van der Waals surface area contributed by atoms with Gasteiger partial charge in [-0.2, -0.15) is 0 Å². The molecule has 4 rings (SSSR count). The van der Waals surface area contributed by atoms with Gasteiger partial charge in [0.15, 0.2) is 0 Å². The molecular weight excluding hydrogens is 1200 g/mol. The molecule has 2 aliphatic rings. The standard InChI is InChI=1S/C72H114N10O12/c1-16-50(9)64-72(94)81(15)60(40-53-28-22-18-23-29-53)71(93)80(14)55(36-46(2)3)41-58(85)45-78(12)66(48(6)7)69(91)73-44-54(39-52-26-20-17-21-27-52)67(89)76-65(51(10)83)68(90)74-59(70(92)82-33-24-19-25-34-82)43-62(87)77(11)35-32-57(84)31-30-49(8)38-63(88)79(13)56(37-47(4)5)42-61(86)75-64/h17-18,20-23,26-29,46-51,54-56,59-60,64-66,83H,16,19,24-25,30-45H2,1-15H3,(H,73,91)(H,74,90)(H,75,86)(H,76,89)/t49-,50+,51-,54-,55+,56+,59+,60+,64+,65+,66+/m1/s1. The van der Waals surface area contributed by atoms with Crippen LogP contribution >= 0.6 is 0 Å². The van der Waals surface area contributed by atoms with E-state index in [9.17, 15) is 48.3 Å². The fourth-order valence-electron chi connectivity index (χ4n) is 12.7. The number of Topliss-reactive ketones (excluding diaryl/α,β-unsaturated/α-hetero) is 2. The molecule has 524 valence electrons. The first-order valence-corrected chi connectivity index (χ1v) is 34.3. The molecule has 0 aromatic heterocycles. The Balaban J connectivity index is 1.76. The summed E-state index contributed by atoms with van der Waals surface area (Å²) < 4.78 is 0.